The van der Waals surface area contributed by atoms with Gasteiger partial charge in [0.1, 0.15) is 0 Å². The summed E-state index contributed by atoms with van der Waals surface area (Å²) in [6, 6.07) is 0. The molecule has 0 unspecified atom stereocenters. The van der Waals surface area contributed by atoms with E-state index >= 15 is 0 Å². The molecule has 1 saturated heterocycles. The number of nitrogens with one attached hydrogen (secondary N) is 2. The van der Waals surface area contributed by atoms with Crippen molar-refractivity contribution in [2.45, 2.75) is 0 Å². The fourth-order valence-corrected chi connectivity index (χ4v) is 1.77. The quantitative estimate of drug-likeness (QED) is 0.682. The Hall–Kier alpha value is -1.90. The molecule has 0 aliphatic carbocycles. The van der Waals surface area contributed by atoms with Gasteiger partial charge in [-0.25, -0.2) is 9.53 Å². The van der Waals surface area contributed by atoms with Crippen LogP contribution in [0.15, 0.2) is 4.63 Å². The molecule has 0 saturated carbocycles. The first-order valence-corrected chi connectivity index (χ1v) is 4.79. The van der Waals surface area contributed by atoms with Gasteiger partial charge in [0, 0.05) is 0 Å². The number of nitrogens with zero attached hydrogens (tertiary/aromatic N) is 3. The maximum absolute atomic E-state index is 11.4. The van der Waals surface area contributed by atoms with E-state index in [4.69, 9.17) is 5.41 Å². The maximum Gasteiger partial charge on any atom is 0.245 e. The van der Waals surface area contributed by atoms with Gasteiger partial charge in [0.25, 0.3) is 0 Å². The molecule has 0 aromatic carbocycles. The van der Waals surface area contributed by atoms with E-state index in [2.05, 4.69) is 20.3 Å². The number of hydrogen-bond donors (Lipinski definition) is 2. The van der Waals surface area contributed by atoms with Crippen LogP contribution < -0.4 is 10.2 Å². The molecule has 8 nitrogen and oxygen atoms in total. The highest BCUT2D eigenvalue weighted by atomic mass is 32.2. The molecular formula is C6H5N5O3S. The summed E-state index contributed by atoms with van der Waals surface area (Å²) in [7, 11) is 0. The molecule has 15 heavy (non-hydrogen) atoms. The van der Waals surface area contributed by atoms with Gasteiger partial charge in [-0.2, -0.15) is 0 Å². The molecule has 2 N–H and O–H groups in total. The van der Waals surface area contributed by atoms with Crippen LogP contribution in [0.5, 0.6) is 0 Å². The average Bonchev–Trinajstić information content (AvgIpc) is 2.75. The van der Waals surface area contributed by atoms with Crippen LogP contribution in [0.3, 0.4) is 0 Å². The van der Waals surface area contributed by atoms with E-state index in [-0.39, 0.29) is 28.5 Å². The minimum absolute atomic E-state index is 0.0191. The Kier molecular flexibility index (Phi) is 2.37. The summed E-state index contributed by atoms with van der Waals surface area (Å²) in [6.45, 7) is 0. The van der Waals surface area contributed by atoms with Crippen LogP contribution in [0.4, 0.5) is 11.6 Å². The van der Waals surface area contributed by atoms with Crippen molar-refractivity contribution in [2.24, 2.45) is 0 Å². The van der Waals surface area contributed by atoms with E-state index in [0.717, 1.165) is 16.7 Å². The number of rotatable bonds is 3. The lowest BCUT2D eigenvalue weighted by Crippen LogP contribution is -2.29. The van der Waals surface area contributed by atoms with Crippen LogP contribution in [-0.2, 0) is 9.59 Å². The predicted molar refractivity (Wildman–Crippen MR) is 51.7 cm³/mol. The average molecular weight is 227 g/mol. The minimum Gasteiger partial charge on any atom is -0.307 e. The molecule has 0 radical (unpaired) electrons. The molecule has 78 valence electrons. The van der Waals surface area contributed by atoms with Crippen LogP contribution in [-0.4, -0.2) is 33.6 Å². The van der Waals surface area contributed by atoms with Crippen LogP contribution in [0.1, 0.15) is 0 Å². The van der Waals surface area contributed by atoms with E-state index in [0.29, 0.717) is 6.41 Å². The van der Waals surface area contributed by atoms with Crippen molar-refractivity contribution in [2.75, 3.05) is 16.0 Å². The van der Waals surface area contributed by atoms with E-state index in [9.17, 15) is 9.59 Å². The molecule has 2 heterocycles. The lowest BCUT2D eigenvalue weighted by atomic mass is 10.5. The molecular weight excluding hydrogens is 222 g/mol. The zero-order valence-corrected chi connectivity index (χ0v) is 8.08. The monoisotopic (exact) mass is 227 g/mol. The number of carbonyl (C=O) groups excluding carboxylic acids is 2. The summed E-state index contributed by atoms with van der Waals surface area (Å²) in [4.78, 5) is 22.6. The normalized spacial score (nSPS) is 15.9. The first-order chi connectivity index (χ1) is 7.24. The SMILES string of the molecule is N=C1SCC(=O)N1c1nonc1NC=O. The van der Waals surface area contributed by atoms with Gasteiger partial charge in [0.05, 0.1) is 5.75 Å². The Morgan fingerprint density at radius 1 is 1.60 bits per heavy atom. The van der Waals surface area contributed by atoms with Crippen molar-refractivity contribution in [1.82, 2.24) is 10.3 Å². The summed E-state index contributed by atoms with van der Waals surface area (Å²) in [5.41, 5.74) is 0. The van der Waals surface area contributed by atoms with Crippen molar-refractivity contribution >= 4 is 40.9 Å². The molecule has 1 aliphatic rings. The van der Waals surface area contributed by atoms with E-state index in [1.807, 2.05) is 0 Å². The Bertz CT molecular complexity index is 414. The standard InChI is InChI=1S/C6H5N5O3S/c7-6-11(3(13)1-15-6)5-4(8-2-12)9-14-10-5/h2,7H,1H2,(H,8,9,12). The summed E-state index contributed by atoms with van der Waals surface area (Å²) in [5, 5.41) is 16.6. The van der Waals surface area contributed by atoms with Gasteiger partial charge >= 0.3 is 0 Å². The predicted octanol–water partition coefficient (Wildman–Crippen LogP) is -0.348. The first kappa shape index (κ1) is 9.65. The Morgan fingerprint density at radius 2 is 2.40 bits per heavy atom. The fourth-order valence-electron chi connectivity index (χ4n) is 1.06. The van der Waals surface area contributed by atoms with Crippen LogP contribution in [0.25, 0.3) is 0 Å². The summed E-state index contributed by atoms with van der Waals surface area (Å²) < 4.78 is 4.39. The highest BCUT2D eigenvalue weighted by molar-refractivity contribution is 8.15. The van der Waals surface area contributed by atoms with Crippen LogP contribution in [0, 0.1) is 5.41 Å². The summed E-state index contributed by atoms with van der Waals surface area (Å²) in [5.74, 6) is -0.0750. The highest BCUT2D eigenvalue weighted by Gasteiger charge is 2.33. The summed E-state index contributed by atoms with van der Waals surface area (Å²) in [6.07, 6.45) is 0.389. The Labute approximate surface area is 87.5 Å². The number of hydrogen-bond acceptors (Lipinski definition) is 7. The fraction of sp³-hybridized carbons (Fsp3) is 0.167. The van der Waals surface area contributed by atoms with Crippen LogP contribution in [0.2, 0.25) is 0 Å². The molecule has 0 bridgehead atoms. The molecule has 1 aliphatic heterocycles. The molecule has 0 atom stereocenters. The molecule has 9 heteroatoms. The van der Waals surface area contributed by atoms with E-state index < -0.39 is 0 Å². The summed E-state index contributed by atoms with van der Waals surface area (Å²) >= 11 is 1.07. The second-order valence-corrected chi connectivity index (χ2v) is 3.49. The zero-order valence-electron chi connectivity index (χ0n) is 7.26. The van der Waals surface area contributed by atoms with Crippen molar-refractivity contribution in [1.29, 1.82) is 5.41 Å². The van der Waals surface area contributed by atoms with Crippen molar-refractivity contribution in [3.05, 3.63) is 0 Å². The van der Waals surface area contributed by atoms with Gasteiger partial charge < -0.3 is 5.32 Å². The molecule has 2 amide bonds. The van der Waals surface area contributed by atoms with Crippen molar-refractivity contribution < 1.29 is 14.2 Å². The molecule has 1 fully saturated rings. The topological polar surface area (TPSA) is 112 Å². The van der Waals surface area contributed by atoms with Crippen molar-refractivity contribution in [3.63, 3.8) is 0 Å². The molecule has 1 aromatic rings. The lowest BCUT2D eigenvalue weighted by Gasteiger charge is -2.10. The highest BCUT2D eigenvalue weighted by Crippen LogP contribution is 2.28. The Morgan fingerprint density at radius 3 is 3.00 bits per heavy atom. The van der Waals surface area contributed by atoms with Crippen molar-refractivity contribution in [3.8, 4) is 0 Å². The lowest BCUT2D eigenvalue weighted by molar-refractivity contribution is -0.115. The van der Waals surface area contributed by atoms with Gasteiger partial charge in [-0.05, 0) is 10.3 Å². The minimum atomic E-state index is -0.297. The zero-order chi connectivity index (χ0) is 10.8. The smallest absolute Gasteiger partial charge is 0.245 e. The maximum atomic E-state index is 11.4. The van der Waals surface area contributed by atoms with Gasteiger partial charge in [0.15, 0.2) is 5.17 Å². The second kappa shape index (κ2) is 3.69. The number of thioether (sulfide) groups is 1. The molecule has 1 aromatic heterocycles. The Balaban J connectivity index is 2.35. The van der Waals surface area contributed by atoms with Gasteiger partial charge in [0.2, 0.25) is 24.0 Å². The van der Waals surface area contributed by atoms with Gasteiger partial charge in [-0.1, -0.05) is 11.8 Å². The number of aromatic nitrogens is 2. The third-order valence-electron chi connectivity index (χ3n) is 1.66. The van der Waals surface area contributed by atoms with Gasteiger partial charge in [-0.3, -0.25) is 15.0 Å². The van der Waals surface area contributed by atoms with Crippen LogP contribution >= 0.6 is 11.8 Å². The second-order valence-electron chi connectivity index (χ2n) is 2.52. The van der Waals surface area contributed by atoms with E-state index in [1.165, 1.54) is 0 Å². The third-order valence-corrected chi connectivity index (χ3v) is 2.51. The van der Waals surface area contributed by atoms with E-state index in [1.54, 1.807) is 0 Å². The number of carbonyl (C=O) groups is 2. The number of amides is 2. The number of anilines is 2. The molecule has 2 rings (SSSR count). The largest absolute Gasteiger partial charge is 0.307 e. The third kappa shape index (κ3) is 1.56. The first-order valence-electron chi connectivity index (χ1n) is 3.81. The number of amidine groups is 1. The van der Waals surface area contributed by atoms with Gasteiger partial charge in [-0.15, -0.1) is 0 Å². The molecule has 0 spiro atoms.